The Balaban J connectivity index is 2.08. The van der Waals surface area contributed by atoms with Crippen LogP contribution in [0.4, 0.5) is 4.39 Å². The van der Waals surface area contributed by atoms with Gasteiger partial charge in [0.25, 0.3) is 0 Å². The number of aryl methyl sites for hydroxylation is 2. The fourth-order valence-electron chi connectivity index (χ4n) is 2.50. The van der Waals surface area contributed by atoms with Gasteiger partial charge in [0, 0.05) is 25.0 Å². The summed E-state index contributed by atoms with van der Waals surface area (Å²) in [5.41, 5.74) is 3.80. The zero-order valence-electron chi connectivity index (χ0n) is 13.3. The molecule has 0 saturated heterocycles. The van der Waals surface area contributed by atoms with Crippen LogP contribution in [0.2, 0.25) is 0 Å². The maximum Gasteiger partial charge on any atom is 0.240 e. The predicted octanol–water partition coefficient (Wildman–Crippen LogP) is 2.61. The second-order valence-electron chi connectivity index (χ2n) is 5.51. The van der Waals surface area contributed by atoms with Crippen molar-refractivity contribution in [1.29, 1.82) is 0 Å². The lowest BCUT2D eigenvalue weighted by atomic mass is 10.2. The van der Waals surface area contributed by atoms with Gasteiger partial charge in [-0.15, -0.1) is 0 Å². The Labute approximate surface area is 131 Å². The molecule has 1 aromatic heterocycles. The van der Waals surface area contributed by atoms with Crippen LogP contribution in [0, 0.1) is 26.6 Å². The minimum absolute atomic E-state index is 0.120. The van der Waals surface area contributed by atoms with E-state index in [1.165, 1.54) is 12.1 Å². The van der Waals surface area contributed by atoms with Crippen LogP contribution in [0.15, 0.2) is 29.2 Å². The molecule has 0 bridgehead atoms. The molecule has 2 aromatic rings. The molecule has 120 valence electrons. The standard InChI is InChI=1S/C16H21FN2O2S/c1-11-9-15(17)5-6-16(11)22(20,21)18-8-7-14-10-12(2)19(4)13(14)3/h5-6,9-10,18H,7-8H2,1-4H3. The van der Waals surface area contributed by atoms with Gasteiger partial charge in [0.1, 0.15) is 5.82 Å². The molecule has 0 radical (unpaired) electrons. The fourth-order valence-corrected chi connectivity index (χ4v) is 3.75. The van der Waals surface area contributed by atoms with Crippen molar-refractivity contribution in [1.82, 2.24) is 9.29 Å². The summed E-state index contributed by atoms with van der Waals surface area (Å²) in [6.07, 6.45) is 0.618. The molecule has 0 unspecified atom stereocenters. The van der Waals surface area contributed by atoms with Crippen LogP contribution < -0.4 is 4.72 Å². The van der Waals surface area contributed by atoms with E-state index in [1.807, 2.05) is 20.9 Å². The second kappa shape index (κ2) is 6.22. The van der Waals surface area contributed by atoms with E-state index in [9.17, 15) is 12.8 Å². The molecule has 1 N–H and O–H groups in total. The molecule has 0 aliphatic heterocycles. The molecule has 0 fully saturated rings. The number of nitrogens with zero attached hydrogens (tertiary/aromatic N) is 1. The summed E-state index contributed by atoms with van der Waals surface area (Å²) in [7, 11) is -1.63. The van der Waals surface area contributed by atoms with Crippen molar-refractivity contribution < 1.29 is 12.8 Å². The number of sulfonamides is 1. The monoisotopic (exact) mass is 324 g/mol. The third-order valence-electron chi connectivity index (χ3n) is 3.99. The summed E-state index contributed by atoms with van der Waals surface area (Å²) < 4.78 is 42.3. The normalized spacial score (nSPS) is 11.9. The van der Waals surface area contributed by atoms with Crippen LogP contribution >= 0.6 is 0 Å². The van der Waals surface area contributed by atoms with E-state index in [2.05, 4.69) is 15.4 Å². The first-order chi connectivity index (χ1) is 10.2. The maximum absolute atomic E-state index is 13.1. The van der Waals surface area contributed by atoms with E-state index in [-0.39, 0.29) is 4.90 Å². The van der Waals surface area contributed by atoms with Gasteiger partial charge >= 0.3 is 0 Å². The average molecular weight is 324 g/mol. The van der Waals surface area contributed by atoms with E-state index in [1.54, 1.807) is 6.92 Å². The van der Waals surface area contributed by atoms with Gasteiger partial charge in [-0.1, -0.05) is 0 Å². The average Bonchev–Trinajstić information content (AvgIpc) is 2.66. The van der Waals surface area contributed by atoms with Crippen molar-refractivity contribution in [3.05, 3.63) is 52.6 Å². The molecule has 6 heteroatoms. The zero-order valence-corrected chi connectivity index (χ0v) is 14.1. The summed E-state index contributed by atoms with van der Waals surface area (Å²) in [4.78, 5) is 0.120. The molecule has 0 aliphatic rings. The molecule has 0 atom stereocenters. The minimum atomic E-state index is -3.62. The van der Waals surface area contributed by atoms with Crippen molar-refractivity contribution in [2.45, 2.75) is 32.1 Å². The molecule has 22 heavy (non-hydrogen) atoms. The Morgan fingerprint density at radius 2 is 1.86 bits per heavy atom. The number of hydrogen-bond acceptors (Lipinski definition) is 2. The zero-order chi connectivity index (χ0) is 16.5. The smallest absolute Gasteiger partial charge is 0.240 e. The van der Waals surface area contributed by atoms with E-state index in [0.717, 1.165) is 23.0 Å². The molecule has 1 aromatic carbocycles. The summed E-state index contributed by atoms with van der Waals surface area (Å²) in [5.74, 6) is -0.438. The number of nitrogens with one attached hydrogen (secondary N) is 1. The van der Waals surface area contributed by atoms with Gasteiger partial charge in [0.2, 0.25) is 10.0 Å². The van der Waals surface area contributed by atoms with Gasteiger partial charge in [0.05, 0.1) is 4.90 Å². The molecule has 0 aliphatic carbocycles. The van der Waals surface area contributed by atoms with Crippen molar-refractivity contribution in [2.24, 2.45) is 7.05 Å². The lowest BCUT2D eigenvalue weighted by Crippen LogP contribution is -2.26. The van der Waals surface area contributed by atoms with Gasteiger partial charge in [-0.05, 0) is 62.6 Å². The van der Waals surface area contributed by atoms with Crippen LogP contribution in [-0.2, 0) is 23.5 Å². The molecule has 1 heterocycles. The van der Waals surface area contributed by atoms with E-state index in [0.29, 0.717) is 18.5 Å². The molecular formula is C16H21FN2O2S. The van der Waals surface area contributed by atoms with Crippen LogP contribution in [-0.4, -0.2) is 19.5 Å². The first-order valence-corrected chi connectivity index (χ1v) is 8.58. The number of halogens is 1. The number of rotatable bonds is 5. The fraction of sp³-hybridized carbons (Fsp3) is 0.375. The highest BCUT2D eigenvalue weighted by Crippen LogP contribution is 2.17. The minimum Gasteiger partial charge on any atom is -0.352 e. The summed E-state index contributed by atoms with van der Waals surface area (Å²) in [6.45, 7) is 5.93. The molecule has 0 saturated carbocycles. The van der Waals surface area contributed by atoms with Gasteiger partial charge in [-0.25, -0.2) is 17.5 Å². The highest BCUT2D eigenvalue weighted by atomic mass is 32.2. The summed E-state index contributed by atoms with van der Waals surface area (Å²) >= 11 is 0. The summed E-state index contributed by atoms with van der Waals surface area (Å²) in [5, 5.41) is 0. The van der Waals surface area contributed by atoms with Crippen molar-refractivity contribution >= 4 is 10.0 Å². The van der Waals surface area contributed by atoms with E-state index < -0.39 is 15.8 Å². The lowest BCUT2D eigenvalue weighted by molar-refractivity contribution is 0.579. The van der Waals surface area contributed by atoms with Gasteiger partial charge < -0.3 is 4.57 Å². The number of hydrogen-bond donors (Lipinski definition) is 1. The number of aromatic nitrogens is 1. The van der Waals surface area contributed by atoms with E-state index in [4.69, 9.17) is 0 Å². The molecule has 0 spiro atoms. The van der Waals surface area contributed by atoms with Crippen molar-refractivity contribution in [3.8, 4) is 0 Å². The molecule has 4 nitrogen and oxygen atoms in total. The predicted molar refractivity (Wildman–Crippen MR) is 84.9 cm³/mol. The third kappa shape index (κ3) is 3.39. The van der Waals surface area contributed by atoms with Crippen molar-refractivity contribution in [3.63, 3.8) is 0 Å². The van der Waals surface area contributed by atoms with Crippen molar-refractivity contribution in [2.75, 3.05) is 6.54 Å². The topological polar surface area (TPSA) is 51.1 Å². The Bertz CT molecular complexity index is 795. The van der Waals surface area contributed by atoms with Gasteiger partial charge in [-0.3, -0.25) is 0 Å². The first-order valence-electron chi connectivity index (χ1n) is 7.10. The SMILES string of the molecule is Cc1cc(F)ccc1S(=O)(=O)NCCc1cc(C)n(C)c1C. The van der Waals surface area contributed by atoms with Crippen LogP contribution in [0.1, 0.15) is 22.5 Å². The summed E-state index contributed by atoms with van der Waals surface area (Å²) in [6, 6.07) is 5.74. The second-order valence-corrected chi connectivity index (χ2v) is 7.25. The Morgan fingerprint density at radius 1 is 1.18 bits per heavy atom. The lowest BCUT2D eigenvalue weighted by Gasteiger charge is -2.09. The highest BCUT2D eigenvalue weighted by molar-refractivity contribution is 7.89. The third-order valence-corrected chi connectivity index (χ3v) is 5.61. The molecule has 2 rings (SSSR count). The molecule has 0 amide bonds. The Morgan fingerprint density at radius 3 is 2.41 bits per heavy atom. The van der Waals surface area contributed by atoms with Crippen LogP contribution in [0.3, 0.4) is 0 Å². The van der Waals surface area contributed by atoms with Crippen LogP contribution in [0.25, 0.3) is 0 Å². The highest BCUT2D eigenvalue weighted by Gasteiger charge is 2.17. The van der Waals surface area contributed by atoms with Gasteiger partial charge in [-0.2, -0.15) is 0 Å². The van der Waals surface area contributed by atoms with Crippen LogP contribution in [0.5, 0.6) is 0 Å². The molecular weight excluding hydrogens is 303 g/mol. The first kappa shape index (κ1) is 16.7. The maximum atomic E-state index is 13.1. The van der Waals surface area contributed by atoms with E-state index >= 15 is 0 Å². The Hall–Kier alpha value is -1.66. The quantitative estimate of drug-likeness (QED) is 0.919. The largest absolute Gasteiger partial charge is 0.352 e. The Kier molecular flexibility index (Phi) is 4.72. The number of benzene rings is 1. The van der Waals surface area contributed by atoms with Gasteiger partial charge in [0.15, 0.2) is 0 Å².